The Balaban J connectivity index is 1.59. The molecule has 5 nitrogen and oxygen atoms in total. The summed E-state index contributed by atoms with van der Waals surface area (Å²) in [5.74, 6) is 0.677. The summed E-state index contributed by atoms with van der Waals surface area (Å²) >= 11 is 6.01. The molecule has 1 saturated heterocycles. The van der Waals surface area contributed by atoms with Gasteiger partial charge >= 0.3 is 0 Å². The molecule has 6 heteroatoms. The zero-order valence-electron chi connectivity index (χ0n) is 12.9. The molecule has 1 atom stereocenters. The number of likely N-dealkylation sites (N-methyl/N-ethyl adjacent to an activating group) is 1. The fourth-order valence-corrected chi connectivity index (χ4v) is 2.48. The zero-order valence-corrected chi connectivity index (χ0v) is 13.6. The van der Waals surface area contributed by atoms with E-state index in [0.29, 0.717) is 37.0 Å². The maximum atomic E-state index is 11.8. The van der Waals surface area contributed by atoms with Crippen molar-refractivity contribution in [2.45, 2.75) is 18.9 Å². The lowest BCUT2D eigenvalue weighted by Gasteiger charge is -2.18. The number of halogens is 1. The molecule has 0 radical (unpaired) electrons. The molecule has 122 valence electrons. The first-order valence-electron chi connectivity index (χ1n) is 7.59. The number of ether oxygens (including phenoxy) is 2. The average molecular weight is 327 g/mol. The standard InChI is InChI=1S/C16H23ClN2O3/c1-19(8-10-22-15-7-3-2-6-14(15)17)12-16(20)18-11-13-5-4-9-21-13/h2-3,6-7,13H,4-5,8-12H2,1H3,(H,18,20). The highest BCUT2D eigenvalue weighted by atomic mass is 35.5. The van der Waals surface area contributed by atoms with Gasteiger partial charge in [0, 0.05) is 19.7 Å². The molecule has 1 amide bonds. The third-order valence-corrected chi connectivity index (χ3v) is 3.84. The molecule has 0 saturated carbocycles. The van der Waals surface area contributed by atoms with Crippen LogP contribution in [0.5, 0.6) is 5.75 Å². The van der Waals surface area contributed by atoms with Gasteiger partial charge in [-0.15, -0.1) is 0 Å². The molecule has 0 bridgehead atoms. The van der Waals surface area contributed by atoms with Gasteiger partial charge in [-0.1, -0.05) is 23.7 Å². The van der Waals surface area contributed by atoms with E-state index >= 15 is 0 Å². The van der Waals surface area contributed by atoms with E-state index in [0.717, 1.165) is 19.4 Å². The van der Waals surface area contributed by atoms with E-state index in [1.165, 1.54) is 0 Å². The van der Waals surface area contributed by atoms with Gasteiger partial charge in [0.15, 0.2) is 0 Å². The fraction of sp³-hybridized carbons (Fsp3) is 0.562. The topological polar surface area (TPSA) is 50.8 Å². The number of carbonyl (C=O) groups is 1. The van der Waals surface area contributed by atoms with Crippen LogP contribution in [0.15, 0.2) is 24.3 Å². The van der Waals surface area contributed by atoms with E-state index < -0.39 is 0 Å². The van der Waals surface area contributed by atoms with Gasteiger partial charge in [0.1, 0.15) is 12.4 Å². The molecule has 22 heavy (non-hydrogen) atoms. The molecule has 1 fully saturated rings. The summed E-state index contributed by atoms with van der Waals surface area (Å²) in [7, 11) is 1.89. The van der Waals surface area contributed by atoms with Gasteiger partial charge in [-0.2, -0.15) is 0 Å². The van der Waals surface area contributed by atoms with Gasteiger partial charge in [0.05, 0.1) is 17.7 Å². The van der Waals surface area contributed by atoms with Gasteiger partial charge in [-0.3, -0.25) is 9.69 Å². The van der Waals surface area contributed by atoms with Crippen molar-refractivity contribution in [3.8, 4) is 5.75 Å². The third kappa shape index (κ3) is 5.83. The van der Waals surface area contributed by atoms with Gasteiger partial charge in [-0.25, -0.2) is 0 Å². The Morgan fingerprint density at radius 2 is 2.32 bits per heavy atom. The van der Waals surface area contributed by atoms with Crippen LogP contribution >= 0.6 is 11.6 Å². The molecule has 1 aromatic carbocycles. The monoisotopic (exact) mass is 326 g/mol. The number of rotatable bonds is 8. The molecule has 1 unspecified atom stereocenters. The molecule has 0 spiro atoms. The lowest BCUT2D eigenvalue weighted by molar-refractivity contribution is -0.122. The van der Waals surface area contributed by atoms with E-state index in [9.17, 15) is 4.79 Å². The minimum atomic E-state index is 0.00995. The zero-order chi connectivity index (χ0) is 15.8. The number of para-hydroxylation sites is 1. The molecule has 1 heterocycles. The van der Waals surface area contributed by atoms with E-state index in [1.54, 1.807) is 6.07 Å². The Labute approximate surface area is 136 Å². The Kier molecular flexibility index (Phi) is 6.96. The van der Waals surface area contributed by atoms with Crippen LogP contribution < -0.4 is 10.1 Å². The highest BCUT2D eigenvalue weighted by Crippen LogP contribution is 2.22. The second kappa shape index (κ2) is 8.98. The van der Waals surface area contributed by atoms with Crippen molar-refractivity contribution >= 4 is 17.5 Å². The van der Waals surface area contributed by atoms with Crippen molar-refractivity contribution in [3.05, 3.63) is 29.3 Å². The second-order valence-electron chi connectivity index (χ2n) is 5.46. The van der Waals surface area contributed by atoms with Crippen molar-refractivity contribution < 1.29 is 14.3 Å². The van der Waals surface area contributed by atoms with Crippen LogP contribution in [-0.2, 0) is 9.53 Å². The van der Waals surface area contributed by atoms with Crippen molar-refractivity contribution in [1.82, 2.24) is 10.2 Å². The molecule has 0 aromatic heterocycles. The number of carbonyl (C=O) groups excluding carboxylic acids is 1. The van der Waals surface area contributed by atoms with Crippen LogP contribution in [0, 0.1) is 0 Å². The van der Waals surface area contributed by atoms with E-state index in [-0.39, 0.29) is 12.0 Å². The summed E-state index contributed by atoms with van der Waals surface area (Å²) in [6, 6.07) is 7.36. The maximum Gasteiger partial charge on any atom is 0.234 e. The summed E-state index contributed by atoms with van der Waals surface area (Å²) in [5.41, 5.74) is 0. The minimum Gasteiger partial charge on any atom is -0.491 e. The summed E-state index contributed by atoms with van der Waals surface area (Å²) in [6.45, 7) is 2.89. The second-order valence-corrected chi connectivity index (χ2v) is 5.86. The number of amides is 1. The Bertz CT molecular complexity index is 478. The van der Waals surface area contributed by atoms with Gasteiger partial charge in [0.25, 0.3) is 0 Å². The Morgan fingerprint density at radius 3 is 3.05 bits per heavy atom. The third-order valence-electron chi connectivity index (χ3n) is 3.53. The van der Waals surface area contributed by atoms with Crippen LogP contribution in [0.25, 0.3) is 0 Å². The van der Waals surface area contributed by atoms with Gasteiger partial charge in [0.2, 0.25) is 5.91 Å². The summed E-state index contributed by atoms with van der Waals surface area (Å²) in [4.78, 5) is 13.7. The van der Waals surface area contributed by atoms with E-state index in [4.69, 9.17) is 21.1 Å². The Hall–Kier alpha value is -1.30. The first-order valence-corrected chi connectivity index (χ1v) is 7.97. The molecule has 1 N–H and O–H groups in total. The predicted molar refractivity (Wildman–Crippen MR) is 86.4 cm³/mol. The SMILES string of the molecule is CN(CCOc1ccccc1Cl)CC(=O)NCC1CCCO1. The lowest BCUT2D eigenvalue weighted by atomic mass is 10.2. The average Bonchev–Trinajstić information content (AvgIpc) is 3.00. The molecule has 1 aliphatic heterocycles. The van der Waals surface area contributed by atoms with Crippen LogP contribution in [0.4, 0.5) is 0 Å². The first kappa shape index (κ1) is 17.1. The number of hydrogen-bond acceptors (Lipinski definition) is 4. The van der Waals surface area contributed by atoms with Gasteiger partial charge < -0.3 is 14.8 Å². The summed E-state index contributed by atoms with van der Waals surface area (Å²) in [6.07, 6.45) is 2.29. The fourth-order valence-electron chi connectivity index (χ4n) is 2.29. The first-order chi connectivity index (χ1) is 10.6. The molecule has 2 rings (SSSR count). The number of hydrogen-bond donors (Lipinski definition) is 1. The van der Waals surface area contributed by atoms with Crippen LogP contribution in [0.1, 0.15) is 12.8 Å². The lowest BCUT2D eigenvalue weighted by Crippen LogP contribution is -2.39. The van der Waals surface area contributed by atoms with Crippen LogP contribution in [0.2, 0.25) is 5.02 Å². The Morgan fingerprint density at radius 1 is 1.50 bits per heavy atom. The summed E-state index contributed by atoms with van der Waals surface area (Å²) < 4.78 is 11.1. The smallest absolute Gasteiger partial charge is 0.234 e. The number of benzene rings is 1. The van der Waals surface area contributed by atoms with Gasteiger partial charge in [-0.05, 0) is 32.0 Å². The summed E-state index contributed by atoms with van der Waals surface area (Å²) in [5, 5.41) is 3.50. The highest BCUT2D eigenvalue weighted by Gasteiger charge is 2.16. The van der Waals surface area contributed by atoms with E-state index in [2.05, 4.69) is 5.32 Å². The van der Waals surface area contributed by atoms with Crippen molar-refractivity contribution in [1.29, 1.82) is 0 Å². The van der Waals surface area contributed by atoms with Crippen molar-refractivity contribution in [2.75, 3.05) is 39.9 Å². The maximum absolute atomic E-state index is 11.8. The molecule has 1 aliphatic rings. The van der Waals surface area contributed by atoms with Crippen molar-refractivity contribution in [2.24, 2.45) is 0 Å². The predicted octanol–water partition coefficient (Wildman–Crippen LogP) is 1.95. The molecular formula is C16H23ClN2O3. The number of nitrogens with zero attached hydrogens (tertiary/aromatic N) is 1. The van der Waals surface area contributed by atoms with Crippen LogP contribution in [0.3, 0.4) is 0 Å². The largest absolute Gasteiger partial charge is 0.491 e. The highest BCUT2D eigenvalue weighted by molar-refractivity contribution is 6.32. The normalized spacial score (nSPS) is 17.7. The molecule has 1 aromatic rings. The quantitative estimate of drug-likeness (QED) is 0.793. The minimum absolute atomic E-state index is 0.00995. The molecular weight excluding hydrogens is 304 g/mol. The van der Waals surface area contributed by atoms with Crippen LogP contribution in [-0.4, -0.2) is 56.8 Å². The molecule has 0 aliphatic carbocycles. The van der Waals surface area contributed by atoms with Crippen molar-refractivity contribution in [3.63, 3.8) is 0 Å². The van der Waals surface area contributed by atoms with E-state index in [1.807, 2.05) is 30.1 Å². The number of nitrogens with one attached hydrogen (secondary N) is 1.